The van der Waals surface area contributed by atoms with Gasteiger partial charge in [-0.15, -0.1) is 0 Å². The molecule has 0 radical (unpaired) electrons. The average molecular weight is 240 g/mol. The summed E-state index contributed by atoms with van der Waals surface area (Å²) in [5.74, 6) is -0.188. The van der Waals surface area contributed by atoms with Crippen molar-refractivity contribution >= 4 is 5.97 Å². The summed E-state index contributed by atoms with van der Waals surface area (Å²) < 4.78 is 1.70. The van der Waals surface area contributed by atoms with Crippen molar-refractivity contribution in [2.75, 3.05) is 6.61 Å². The van der Waals surface area contributed by atoms with Crippen LogP contribution in [0, 0.1) is 5.92 Å². The number of carbonyl (C=O) groups is 1. The van der Waals surface area contributed by atoms with Crippen LogP contribution in [-0.2, 0) is 17.6 Å². The molecule has 1 aromatic heterocycles. The van der Waals surface area contributed by atoms with Gasteiger partial charge in [-0.05, 0) is 5.92 Å². The zero-order valence-corrected chi connectivity index (χ0v) is 9.58. The molecule has 6 nitrogen and oxygen atoms in total. The van der Waals surface area contributed by atoms with Crippen LogP contribution in [0.4, 0.5) is 0 Å². The van der Waals surface area contributed by atoms with Gasteiger partial charge in [-0.25, -0.2) is 4.98 Å². The Kier molecular flexibility index (Phi) is 3.17. The van der Waals surface area contributed by atoms with Crippen molar-refractivity contribution in [2.45, 2.75) is 31.9 Å². The van der Waals surface area contributed by atoms with Crippen LogP contribution < -0.4 is 0 Å². The van der Waals surface area contributed by atoms with E-state index >= 15 is 0 Å². The van der Waals surface area contributed by atoms with Crippen LogP contribution in [0.1, 0.15) is 24.5 Å². The van der Waals surface area contributed by atoms with E-state index in [0.717, 1.165) is 5.82 Å². The summed E-state index contributed by atoms with van der Waals surface area (Å²) in [7, 11) is 0. The number of hydrogen-bond acceptors (Lipinski definition) is 4. The summed E-state index contributed by atoms with van der Waals surface area (Å²) >= 11 is 0. The molecular formula is C11H16N2O4. The van der Waals surface area contributed by atoms with Crippen molar-refractivity contribution < 1.29 is 20.1 Å². The monoisotopic (exact) mass is 240 g/mol. The van der Waals surface area contributed by atoms with Gasteiger partial charge in [0.2, 0.25) is 0 Å². The Bertz CT molecular complexity index is 429. The first-order valence-corrected chi connectivity index (χ1v) is 5.60. The lowest BCUT2D eigenvalue weighted by Gasteiger charge is -2.33. The molecule has 1 aromatic rings. The van der Waals surface area contributed by atoms with E-state index in [2.05, 4.69) is 4.98 Å². The Morgan fingerprint density at radius 1 is 1.65 bits per heavy atom. The van der Waals surface area contributed by atoms with Crippen molar-refractivity contribution in [3.05, 3.63) is 17.7 Å². The minimum absolute atomic E-state index is 0.0136. The summed E-state index contributed by atoms with van der Waals surface area (Å²) in [4.78, 5) is 14.8. The molecule has 0 aliphatic carbocycles. The molecule has 3 unspecified atom stereocenters. The Morgan fingerprint density at radius 2 is 2.35 bits per heavy atom. The Hall–Kier alpha value is -1.40. The highest BCUT2D eigenvalue weighted by molar-refractivity contribution is 5.69. The number of carboxylic acids is 1. The molecule has 0 bridgehead atoms. The van der Waals surface area contributed by atoms with Crippen molar-refractivity contribution in [1.29, 1.82) is 0 Å². The second-order valence-electron chi connectivity index (χ2n) is 4.55. The number of hydrogen-bond donors (Lipinski definition) is 3. The first kappa shape index (κ1) is 12.1. The van der Waals surface area contributed by atoms with E-state index in [-0.39, 0.29) is 18.9 Å². The number of aliphatic hydroxyl groups is 2. The molecule has 2 heterocycles. The molecular weight excluding hydrogens is 224 g/mol. The molecule has 3 atom stereocenters. The number of aromatic nitrogens is 2. The first-order chi connectivity index (χ1) is 8.02. The maximum absolute atomic E-state index is 10.6. The fraction of sp³-hybridized carbons (Fsp3) is 0.636. The largest absolute Gasteiger partial charge is 0.481 e. The lowest BCUT2D eigenvalue weighted by molar-refractivity contribution is -0.136. The minimum Gasteiger partial charge on any atom is -0.481 e. The number of aliphatic carboxylic acids is 1. The molecule has 1 aliphatic rings. The first-order valence-electron chi connectivity index (χ1n) is 5.60. The molecule has 0 spiro atoms. The van der Waals surface area contributed by atoms with Crippen LogP contribution in [0.25, 0.3) is 0 Å². The van der Waals surface area contributed by atoms with E-state index in [9.17, 15) is 15.0 Å². The van der Waals surface area contributed by atoms with Crippen LogP contribution in [0.15, 0.2) is 6.20 Å². The molecule has 6 heteroatoms. The van der Waals surface area contributed by atoms with Crippen molar-refractivity contribution in [3.8, 4) is 0 Å². The maximum Gasteiger partial charge on any atom is 0.309 e. The smallest absolute Gasteiger partial charge is 0.309 e. The molecule has 17 heavy (non-hydrogen) atoms. The maximum atomic E-state index is 10.6. The van der Waals surface area contributed by atoms with Crippen molar-refractivity contribution in [1.82, 2.24) is 9.55 Å². The van der Waals surface area contributed by atoms with E-state index in [1.807, 2.05) is 6.92 Å². The number of imidazole rings is 1. The van der Waals surface area contributed by atoms with E-state index in [1.165, 1.54) is 0 Å². The number of rotatable bonds is 3. The number of nitrogens with zero attached hydrogens (tertiary/aromatic N) is 2. The second kappa shape index (κ2) is 4.46. The van der Waals surface area contributed by atoms with Crippen LogP contribution in [0.2, 0.25) is 0 Å². The van der Waals surface area contributed by atoms with E-state index in [0.29, 0.717) is 12.1 Å². The topological polar surface area (TPSA) is 95.6 Å². The lowest BCUT2D eigenvalue weighted by atomic mass is 9.91. The third-order valence-electron chi connectivity index (χ3n) is 3.22. The summed E-state index contributed by atoms with van der Waals surface area (Å²) in [5, 5.41) is 27.9. The van der Waals surface area contributed by atoms with Crippen LogP contribution in [0.5, 0.6) is 0 Å². The summed E-state index contributed by atoms with van der Waals surface area (Å²) in [6.45, 7) is 1.71. The quantitative estimate of drug-likeness (QED) is 0.668. The van der Waals surface area contributed by atoms with Gasteiger partial charge in [0.05, 0.1) is 30.9 Å². The highest BCUT2D eigenvalue weighted by atomic mass is 16.4. The third-order valence-corrected chi connectivity index (χ3v) is 3.22. The van der Waals surface area contributed by atoms with E-state index < -0.39 is 18.1 Å². The number of fused-ring (bicyclic) bond motifs is 1. The molecule has 0 aromatic carbocycles. The zero-order valence-electron chi connectivity index (χ0n) is 9.58. The van der Waals surface area contributed by atoms with Gasteiger partial charge in [0.25, 0.3) is 0 Å². The van der Waals surface area contributed by atoms with Gasteiger partial charge in [-0.1, -0.05) is 6.92 Å². The van der Waals surface area contributed by atoms with Gasteiger partial charge in [0.15, 0.2) is 0 Å². The van der Waals surface area contributed by atoms with E-state index in [4.69, 9.17) is 5.11 Å². The zero-order chi connectivity index (χ0) is 12.6. The normalized spacial score (nSPS) is 27.8. The average Bonchev–Trinajstić information content (AvgIpc) is 2.60. The predicted octanol–water partition coefficient (Wildman–Crippen LogP) is -0.403. The molecule has 0 amide bonds. The van der Waals surface area contributed by atoms with Crippen molar-refractivity contribution in [3.63, 3.8) is 0 Å². The van der Waals surface area contributed by atoms with Crippen LogP contribution in [0.3, 0.4) is 0 Å². The van der Waals surface area contributed by atoms with Crippen LogP contribution in [-0.4, -0.2) is 43.6 Å². The lowest BCUT2D eigenvalue weighted by Crippen LogP contribution is -2.38. The molecule has 94 valence electrons. The van der Waals surface area contributed by atoms with Gasteiger partial charge < -0.3 is 19.9 Å². The highest BCUT2D eigenvalue weighted by Gasteiger charge is 2.33. The van der Waals surface area contributed by atoms with Gasteiger partial charge in [-0.2, -0.15) is 0 Å². The molecule has 0 saturated heterocycles. The van der Waals surface area contributed by atoms with Crippen molar-refractivity contribution in [2.24, 2.45) is 5.92 Å². The third kappa shape index (κ3) is 2.18. The molecule has 0 saturated carbocycles. The molecule has 3 N–H and O–H groups in total. The molecule has 0 fully saturated rings. The SMILES string of the molecule is CC1Cc2nc(CC(=O)O)cn2C(CO)C1O. The Morgan fingerprint density at radius 3 is 2.94 bits per heavy atom. The Balaban J connectivity index is 2.32. The summed E-state index contributed by atoms with van der Waals surface area (Å²) in [5.41, 5.74) is 0.465. The van der Waals surface area contributed by atoms with Gasteiger partial charge in [-0.3, -0.25) is 4.79 Å². The molecule has 2 rings (SSSR count). The van der Waals surface area contributed by atoms with Gasteiger partial charge in [0, 0.05) is 12.6 Å². The van der Waals surface area contributed by atoms with E-state index in [1.54, 1.807) is 10.8 Å². The fourth-order valence-electron chi connectivity index (χ4n) is 2.31. The minimum atomic E-state index is -0.936. The number of carboxylic acid groups (broad SMARTS) is 1. The summed E-state index contributed by atoms with van der Waals surface area (Å²) in [6, 6.07) is -0.427. The second-order valence-corrected chi connectivity index (χ2v) is 4.55. The Labute approximate surface area is 98.5 Å². The standard InChI is InChI=1S/C11H16N2O4/c1-6-2-9-12-7(3-10(15)16)4-13(9)8(5-14)11(6)17/h4,6,8,11,14,17H,2-3,5H2,1H3,(H,15,16). The van der Waals surface area contributed by atoms with Crippen LogP contribution >= 0.6 is 0 Å². The predicted molar refractivity (Wildman–Crippen MR) is 58.6 cm³/mol. The summed E-state index contributed by atoms with van der Waals surface area (Å²) in [6.07, 6.45) is 1.44. The molecule has 1 aliphatic heterocycles. The van der Waals surface area contributed by atoms with Gasteiger partial charge >= 0.3 is 5.97 Å². The number of aliphatic hydroxyl groups excluding tert-OH is 2. The fourth-order valence-corrected chi connectivity index (χ4v) is 2.31. The van der Waals surface area contributed by atoms with Gasteiger partial charge in [0.1, 0.15) is 5.82 Å². The highest BCUT2D eigenvalue weighted by Crippen LogP contribution is 2.29.